The van der Waals surface area contributed by atoms with Crippen molar-refractivity contribution >= 4 is 0 Å². The molecule has 2 saturated carbocycles. The van der Waals surface area contributed by atoms with Gasteiger partial charge in [-0.1, -0.05) is 6.42 Å². The summed E-state index contributed by atoms with van der Waals surface area (Å²) in [6.07, 6.45) is 8.72. The highest BCUT2D eigenvalue weighted by Crippen LogP contribution is 2.47. The van der Waals surface area contributed by atoms with Crippen LogP contribution < -0.4 is 5.32 Å². The minimum atomic E-state index is 0.840. The predicted molar refractivity (Wildman–Crippen MR) is 65.4 cm³/mol. The van der Waals surface area contributed by atoms with Crippen molar-refractivity contribution < 1.29 is 4.74 Å². The molecule has 2 bridgehead atoms. The van der Waals surface area contributed by atoms with E-state index in [9.17, 15) is 0 Å². The second-order valence-electron chi connectivity index (χ2n) is 6.16. The summed E-state index contributed by atoms with van der Waals surface area (Å²) < 4.78 is 5.40. The molecule has 3 aliphatic rings. The van der Waals surface area contributed by atoms with Gasteiger partial charge in [-0.15, -0.1) is 0 Å². The maximum absolute atomic E-state index is 5.40. The number of fused-ring (bicyclic) bond motifs is 2. The molecular weight excluding hydrogens is 198 g/mol. The van der Waals surface area contributed by atoms with Crippen LogP contribution in [0.5, 0.6) is 0 Å². The number of ether oxygens (including phenoxy) is 1. The first-order valence-corrected chi connectivity index (χ1v) is 7.20. The lowest BCUT2D eigenvalue weighted by Crippen LogP contribution is -2.28. The summed E-state index contributed by atoms with van der Waals surface area (Å²) in [6, 6.07) is 0. The predicted octanol–water partition coefficient (Wildman–Crippen LogP) is 2.44. The summed E-state index contributed by atoms with van der Waals surface area (Å²) >= 11 is 0. The highest BCUT2D eigenvalue weighted by Gasteiger charge is 2.38. The maximum Gasteiger partial charge on any atom is 0.0495 e. The van der Waals surface area contributed by atoms with Gasteiger partial charge >= 0.3 is 0 Å². The maximum atomic E-state index is 5.40. The van der Waals surface area contributed by atoms with Crippen LogP contribution in [0.1, 0.15) is 38.5 Å². The van der Waals surface area contributed by atoms with Gasteiger partial charge in [0.2, 0.25) is 0 Å². The lowest BCUT2D eigenvalue weighted by Gasteiger charge is -2.22. The van der Waals surface area contributed by atoms with Crippen LogP contribution >= 0.6 is 0 Å². The fraction of sp³-hybridized carbons (Fsp3) is 1.00. The van der Waals surface area contributed by atoms with Gasteiger partial charge in [-0.3, -0.25) is 0 Å². The van der Waals surface area contributed by atoms with Crippen LogP contribution in [0.3, 0.4) is 0 Å². The molecule has 4 unspecified atom stereocenters. The Bertz CT molecular complexity index is 225. The van der Waals surface area contributed by atoms with Crippen LogP contribution in [0.15, 0.2) is 0 Å². The zero-order chi connectivity index (χ0) is 10.8. The van der Waals surface area contributed by atoms with Crippen molar-refractivity contribution in [3.63, 3.8) is 0 Å². The second kappa shape index (κ2) is 5.05. The summed E-state index contributed by atoms with van der Waals surface area (Å²) in [6.45, 7) is 4.50. The van der Waals surface area contributed by atoms with Crippen LogP contribution in [0.2, 0.25) is 0 Å². The molecular formula is C14H25NO. The molecule has 92 valence electrons. The zero-order valence-corrected chi connectivity index (χ0v) is 10.3. The van der Waals surface area contributed by atoms with Gasteiger partial charge in [-0.25, -0.2) is 0 Å². The van der Waals surface area contributed by atoms with E-state index >= 15 is 0 Å². The molecule has 0 amide bonds. The van der Waals surface area contributed by atoms with Gasteiger partial charge in [0, 0.05) is 13.2 Å². The molecule has 0 aromatic rings. The van der Waals surface area contributed by atoms with Crippen molar-refractivity contribution in [3.8, 4) is 0 Å². The van der Waals surface area contributed by atoms with E-state index in [1.165, 1.54) is 45.2 Å². The van der Waals surface area contributed by atoms with E-state index in [0.29, 0.717) is 0 Å². The Hall–Kier alpha value is -0.0800. The normalized spacial score (nSPS) is 42.0. The highest BCUT2D eigenvalue weighted by molar-refractivity contribution is 4.90. The summed E-state index contributed by atoms with van der Waals surface area (Å²) in [5.41, 5.74) is 0. The largest absolute Gasteiger partial charge is 0.381 e. The average molecular weight is 223 g/mol. The fourth-order valence-electron chi connectivity index (χ4n) is 4.03. The van der Waals surface area contributed by atoms with Crippen molar-refractivity contribution in [2.45, 2.75) is 38.5 Å². The van der Waals surface area contributed by atoms with E-state index in [1.807, 2.05) is 0 Å². The van der Waals surface area contributed by atoms with Crippen molar-refractivity contribution in [1.82, 2.24) is 5.32 Å². The monoisotopic (exact) mass is 223 g/mol. The Morgan fingerprint density at radius 2 is 2.12 bits per heavy atom. The molecule has 3 rings (SSSR count). The highest BCUT2D eigenvalue weighted by atomic mass is 16.5. The van der Waals surface area contributed by atoms with Gasteiger partial charge in [0.15, 0.2) is 0 Å². The van der Waals surface area contributed by atoms with E-state index in [1.54, 1.807) is 6.42 Å². The van der Waals surface area contributed by atoms with Crippen molar-refractivity contribution in [3.05, 3.63) is 0 Å². The summed E-state index contributed by atoms with van der Waals surface area (Å²) in [4.78, 5) is 0. The van der Waals surface area contributed by atoms with Gasteiger partial charge in [-0.2, -0.15) is 0 Å². The number of hydrogen-bond acceptors (Lipinski definition) is 2. The van der Waals surface area contributed by atoms with Crippen LogP contribution in [-0.2, 0) is 4.74 Å². The molecule has 2 aliphatic carbocycles. The molecule has 16 heavy (non-hydrogen) atoms. The minimum Gasteiger partial charge on any atom is -0.381 e. The van der Waals surface area contributed by atoms with Gasteiger partial charge in [0.05, 0.1) is 0 Å². The molecule has 1 saturated heterocycles. The van der Waals surface area contributed by atoms with Crippen molar-refractivity contribution in [2.24, 2.45) is 23.7 Å². The van der Waals surface area contributed by atoms with Crippen LogP contribution in [0, 0.1) is 23.7 Å². The molecule has 4 atom stereocenters. The molecule has 1 heterocycles. The molecule has 1 aliphatic heterocycles. The molecule has 2 heteroatoms. The van der Waals surface area contributed by atoms with Gasteiger partial charge in [0.25, 0.3) is 0 Å². The SMILES string of the molecule is C(CC1CCOC1)NCC1CC2CCC1C2. The average Bonchev–Trinajstić information content (AvgIpc) is 3.01. The third-order valence-electron chi connectivity index (χ3n) is 5.04. The lowest BCUT2D eigenvalue weighted by molar-refractivity contribution is 0.184. The van der Waals surface area contributed by atoms with Crippen molar-refractivity contribution in [2.75, 3.05) is 26.3 Å². The van der Waals surface area contributed by atoms with E-state index in [2.05, 4.69) is 5.32 Å². The van der Waals surface area contributed by atoms with Crippen molar-refractivity contribution in [1.29, 1.82) is 0 Å². The first kappa shape index (κ1) is 11.0. The molecule has 0 spiro atoms. The van der Waals surface area contributed by atoms with E-state index < -0.39 is 0 Å². The van der Waals surface area contributed by atoms with Gasteiger partial charge in [0.1, 0.15) is 0 Å². The number of rotatable bonds is 5. The zero-order valence-electron chi connectivity index (χ0n) is 10.3. The molecule has 0 aromatic heterocycles. The third kappa shape index (κ3) is 2.43. The Morgan fingerprint density at radius 3 is 2.81 bits per heavy atom. The minimum absolute atomic E-state index is 0.840. The molecule has 2 nitrogen and oxygen atoms in total. The van der Waals surface area contributed by atoms with Gasteiger partial charge in [-0.05, 0) is 68.9 Å². The number of nitrogens with one attached hydrogen (secondary N) is 1. The topological polar surface area (TPSA) is 21.3 Å². The Morgan fingerprint density at radius 1 is 1.12 bits per heavy atom. The standard InChI is InChI=1S/C14H25NO/c1-2-13-7-12(1)8-14(13)9-15-5-3-11-4-6-16-10-11/h11-15H,1-10H2. The van der Waals surface area contributed by atoms with Crippen LogP contribution in [-0.4, -0.2) is 26.3 Å². The first-order chi connectivity index (χ1) is 7.92. The third-order valence-corrected chi connectivity index (χ3v) is 5.04. The fourth-order valence-corrected chi connectivity index (χ4v) is 4.03. The molecule has 1 N–H and O–H groups in total. The lowest BCUT2D eigenvalue weighted by atomic mass is 9.89. The number of hydrogen-bond donors (Lipinski definition) is 1. The van der Waals surface area contributed by atoms with Crippen LogP contribution in [0.4, 0.5) is 0 Å². The summed E-state index contributed by atoms with van der Waals surface area (Å²) in [7, 11) is 0. The van der Waals surface area contributed by atoms with E-state index in [-0.39, 0.29) is 0 Å². The van der Waals surface area contributed by atoms with E-state index in [4.69, 9.17) is 4.74 Å². The molecule has 3 fully saturated rings. The smallest absolute Gasteiger partial charge is 0.0495 e. The van der Waals surface area contributed by atoms with E-state index in [0.717, 1.165) is 36.9 Å². The van der Waals surface area contributed by atoms with Crippen LogP contribution in [0.25, 0.3) is 0 Å². The second-order valence-corrected chi connectivity index (χ2v) is 6.16. The molecule has 0 radical (unpaired) electrons. The Labute approximate surface area is 99.1 Å². The van der Waals surface area contributed by atoms with Gasteiger partial charge < -0.3 is 10.1 Å². The quantitative estimate of drug-likeness (QED) is 0.723. The first-order valence-electron chi connectivity index (χ1n) is 7.20. The summed E-state index contributed by atoms with van der Waals surface area (Å²) in [5.74, 6) is 4.03. The Balaban J connectivity index is 1.29. The Kier molecular flexibility index (Phi) is 3.49. The molecule has 0 aromatic carbocycles. The summed E-state index contributed by atoms with van der Waals surface area (Å²) in [5, 5.41) is 3.68.